The molecular weight excluding hydrogens is 476 g/mol. The lowest BCUT2D eigenvalue weighted by molar-refractivity contribution is -0.137. The van der Waals surface area contributed by atoms with E-state index in [0.29, 0.717) is 21.4 Å². The van der Waals surface area contributed by atoms with Gasteiger partial charge in [0.05, 0.1) is 11.6 Å². The number of nitrogens with zero attached hydrogens (tertiary/aromatic N) is 2. The summed E-state index contributed by atoms with van der Waals surface area (Å²) in [5.74, 6) is 0. The van der Waals surface area contributed by atoms with Crippen LogP contribution in [0, 0.1) is 0 Å². The summed E-state index contributed by atoms with van der Waals surface area (Å²) in [6, 6.07) is 15.5. The number of benzene rings is 3. The highest BCUT2D eigenvalue weighted by Gasteiger charge is 2.58. The van der Waals surface area contributed by atoms with Crippen LogP contribution in [-0.4, -0.2) is 17.2 Å². The number of urea groups is 1. The van der Waals surface area contributed by atoms with Gasteiger partial charge in [0.1, 0.15) is 0 Å². The number of hydrogen-bond acceptors (Lipinski definition) is 2. The van der Waals surface area contributed by atoms with Crippen LogP contribution in [0.2, 0.25) is 10.0 Å². The van der Waals surface area contributed by atoms with E-state index in [1.807, 2.05) is 0 Å². The number of aliphatic hydroxyl groups is 1. The van der Waals surface area contributed by atoms with Crippen LogP contribution in [0.25, 0.3) is 0 Å². The third-order valence-electron chi connectivity index (χ3n) is 5.71. The van der Waals surface area contributed by atoms with Crippen molar-refractivity contribution in [2.45, 2.75) is 31.3 Å². The van der Waals surface area contributed by atoms with Gasteiger partial charge in [0.2, 0.25) is 0 Å². The monoisotopic (exact) mass is 494 g/mol. The fraction of sp³-hybridized carbons (Fsp3) is 0.208. The molecule has 2 atom stereocenters. The second-order valence-corrected chi connectivity index (χ2v) is 8.54. The summed E-state index contributed by atoms with van der Waals surface area (Å²) in [7, 11) is 0. The lowest BCUT2D eigenvalue weighted by Gasteiger charge is -2.37. The summed E-state index contributed by atoms with van der Waals surface area (Å²) in [5, 5.41) is 13.0. The molecule has 33 heavy (non-hydrogen) atoms. The predicted octanol–water partition coefficient (Wildman–Crippen LogP) is 7.08. The highest BCUT2D eigenvalue weighted by molar-refractivity contribution is 6.31. The zero-order valence-corrected chi connectivity index (χ0v) is 18.9. The van der Waals surface area contributed by atoms with Gasteiger partial charge in [0.15, 0.2) is 5.72 Å². The minimum Gasteiger partial charge on any atom is -0.365 e. The molecule has 0 aromatic heterocycles. The number of alkyl halides is 3. The maximum Gasteiger partial charge on any atom is 0.416 e. The highest BCUT2D eigenvalue weighted by Crippen LogP contribution is 2.46. The van der Waals surface area contributed by atoms with Crippen molar-refractivity contribution in [1.82, 2.24) is 0 Å². The molecule has 0 bridgehead atoms. The maximum absolute atomic E-state index is 13.7. The zero-order valence-electron chi connectivity index (χ0n) is 17.4. The average molecular weight is 495 g/mol. The molecule has 1 heterocycles. The summed E-state index contributed by atoms with van der Waals surface area (Å²) >= 11 is 12.0. The Hall–Kier alpha value is -2.74. The van der Waals surface area contributed by atoms with Crippen molar-refractivity contribution in [3.8, 4) is 0 Å². The minimum absolute atomic E-state index is 0.0519. The van der Waals surface area contributed by atoms with Crippen molar-refractivity contribution in [2.24, 2.45) is 0 Å². The molecule has 4 nitrogen and oxygen atoms in total. The molecule has 1 aliphatic rings. The largest absolute Gasteiger partial charge is 0.416 e. The molecule has 3 aromatic carbocycles. The third-order valence-corrected chi connectivity index (χ3v) is 6.21. The summed E-state index contributed by atoms with van der Waals surface area (Å²) < 4.78 is 40.4. The highest BCUT2D eigenvalue weighted by atomic mass is 35.5. The first kappa shape index (κ1) is 23.4. The van der Waals surface area contributed by atoms with E-state index in [2.05, 4.69) is 0 Å². The Morgan fingerprint density at radius 3 is 2.00 bits per heavy atom. The number of hydrogen-bond donors (Lipinski definition) is 1. The quantitative estimate of drug-likeness (QED) is 0.420. The second kappa shape index (κ2) is 8.56. The van der Waals surface area contributed by atoms with Crippen LogP contribution in [0.15, 0.2) is 72.8 Å². The van der Waals surface area contributed by atoms with Gasteiger partial charge in [0, 0.05) is 27.0 Å². The van der Waals surface area contributed by atoms with Gasteiger partial charge >= 0.3 is 12.2 Å². The standard InChI is InChI=1S/C24H19Cl2F3N2O2/c1-2-21-23(33,15-4-3-5-16(14-15)24(27,28)29)31(20-12-8-18(26)9-13-20)22(32)30(21)19-10-6-17(25)7-11-19/h3-14,21,33H,2H2,1H3/t21-,23?/m1/s1. The van der Waals surface area contributed by atoms with Crippen LogP contribution in [0.5, 0.6) is 0 Å². The average Bonchev–Trinajstić information content (AvgIpc) is 3.01. The van der Waals surface area contributed by atoms with Crippen molar-refractivity contribution in [2.75, 3.05) is 9.80 Å². The van der Waals surface area contributed by atoms with Crippen LogP contribution >= 0.6 is 23.2 Å². The molecule has 3 aromatic rings. The van der Waals surface area contributed by atoms with Crippen molar-refractivity contribution in [3.05, 3.63) is 94.0 Å². The van der Waals surface area contributed by atoms with Gasteiger partial charge in [-0.1, -0.05) is 42.3 Å². The Bertz CT molecular complexity index is 1170. The molecule has 1 N–H and O–H groups in total. The van der Waals surface area contributed by atoms with E-state index in [1.165, 1.54) is 29.2 Å². The van der Waals surface area contributed by atoms with E-state index in [-0.39, 0.29) is 12.0 Å². The molecule has 0 saturated carbocycles. The first-order valence-electron chi connectivity index (χ1n) is 10.1. The summed E-state index contributed by atoms with van der Waals surface area (Å²) in [5.41, 5.74) is -2.32. The van der Waals surface area contributed by atoms with E-state index >= 15 is 0 Å². The Kier molecular flexibility index (Phi) is 6.07. The minimum atomic E-state index is -4.61. The van der Waals surface area contributed by atoms with E-state index in [1.54, 1.807) is 43.3 Å². The zero-order chi connectivity index (χ0) is 24.0. The third kappa shape index (κ3) is 4.05. The van der Waals surface area contributed by atoms with Crippen molar-refractivity contribution in [3.63, 3.8) is 0 Å². The number of rotatable bonds is 4. The first-order chi connectivity index (χ1) is 15.6. The lowest BCUT2D eigenvalue weighted by atomic mass is 9.90. The smallest absolute Gasteiger partial charge is 0.365 e. The van der Waals surface area contributed by atoms with Gasteiger partial charge < -0.3 is 5.11 Å². The van der Waals surface area contributed by atoms with E-state index < -0.39 is 29.5 Å². The SMILES string of the molecule is CC[C@H]1N(c2ccc(Cl)cc2)C(=O)N(c2ccc(Cl)cc2)C1(O)c1cccc(C(F)(F)F)c1. The van der Waals surface area contributed by atoms with Crippen LogP contribution in [0.3, 0.4) is 0 Å². The Morgan fingerprint density at radius 2 is 1.48 bits per heavy atom. The van der Waals surface area contributed by atoms with E-state index in [9.17, 15) is 23.1 Å². The number of amides is 2. The number of carbonyl (C=O) groups excluding carboxylic acids is 1. The number of halogens is 5. The molecule has 1 fully saturated rings. The Morgan fingerprint density at radius 1 is 0.939 bits per heavy atom. The van der Waals surface area contributed by atoms with E-state index in [0.717, 1.165) is 17.0 Å². The molecule has 0 spiro atoms. The normalized spacial score (nSPS) is 21.1. The van der Waals surface area contributed by atoms with Crippen LogP contribution < -0.4 is 9.80 Å². The van der Waals surface area contributed by atoms with Gasteiger partial charge in [-0.25, -0.2) is 4.79 Å². The molecule has 1 aliphatic heterocycles. The van der Waals surface area contributed by atoms with Crippen LogP contribution in [0.4, 0.5) is 29.3 Å². The van der Waals surface area contributed by atoms with Gasteiger partial charge in [-0.2, -0.15) is 13.2 Å². The van der Waals surface area contributed by atoms with Crippen LogP contribution in [0.1, 0.15) is 24.5 Å². The molecule has 1 unspecified atom stereocenters. The predicted molar refractivity (Wildman–Crippen MR) is 123 cm³/mol. The fourth-order valence-corrected chi connectivity index (χ4v) is 4.47. The van der Waals surface area contributed by atoms with Gasteiger partial charge in [0.25, 0.3) is 0 Å². The molecule has 9 heteroatoms. The van der Waals surface area contributed by atoms with Gasteiger partial charge in [-0.3, -0.25) is 9.80 Å². The molecule has 2 amide bonds. The summed E-state index contributed by atoms with van der Waals surface area (Å²) in [6.45, 7) is 1.75. The van der Waals surface area contributed by atoms with E-state index in [4.69, 9.17) is 23.2 Å². The molecule has 0 radical (unpaired) electrons. The summed E-state index contributed by atoms with van der Waals surface area (Å²) in [4.78, 5) is 16.2. The Balaban J connectivity index is 1.95. The first-order valence-corrected chi connectivity index (χ1v) is 10.9. The van der Waals surface area contributed by atoms with Crippen molar-refractivity contribution < 1.29 is 23.1 Å². The van der Waals surface area contributed by atoms with Gasteiger partial charge in [-0.15, -0.1) is 0 Å². The van der Waals surface area contributed by atoms with Crippen LogP contribution in [-0.2, 0) is 11.9 Å². The Labute approximate surface area is 198 Å². The fourth-order valence-electron chi connectivity index (χ4n) is 4.22. The van der Waals surface area contributed by atoms with Crippen molar-refractivity contribution >= 4 is 40.6 Å². The molecule has 4 rings (SSSR count). The molecule has 0 aliphatic carbocycles. The second-order valence-electron chi connectivity index (χ2n) is 7.67. The number of anilines is 2. The summed E-state index contributed by atoms with van der Waals surface area (Å²) in [6.07, 6.45) is -4.36. The number of carbonyl (C=O) groups is 1. The lowest BCUT2D eigenvalue weighted by Crippen LogP contribution is -2.49. The topological polar surface area (TPSA) is 43.8 Å². The molecule has 1 saturated heterocycles. The maximum atomic E-state index is 13.7. The molecule has 172 valence electrons. The molecular formula is C24H19Cl2F3N2O2. The van der Waals surface area contributed by atoms with Gasteiger partial charge in [-0.05, 0) is 67.1 Å². The van der Waals surface area contributed by atoms with Crippen molar-refractivity contribution in [1.29, 1.82) is 0 Å².